The average Bonchev–Trinajstić information content (AvgIpc) is 2.62. The van der Waals surface area contributed by atoms with E-state index in [0.717, 1.165) is 28.2 Å². The minimum Gasteiger partial charge on any atom is -0.370 e. The average molecular weight is 249 g/mol. The molecule has 0 spiro atoms. The van der Waals surface area contributed by atoms with Crippen molar-refractivity contribution in [1.82, 2.24) is 19.7 Å². The number of hydrogen-bond donors (Lipinski definition) is 1. The normalized spacial score (nSPS) is 10.5. The van der Waals surface area contributed by atoms with Crippen LogP contribution in [-0.2, 0) is 7.05 Å². The molecule has 0 saturated heterocycles. The second-order valence-corrected chi connectivity index (χ2v) is 4.64. The Morgan fingerprint density at radius 1 is 1.41 bits per heavy atom. The molecule has 17 heavy (non-hydrogen) atoms. The Labute approximate surface area is 105 Å². The van der Waals surface area contributed by atoms with E-state index in [1.165, 1.54) is 0 Å². The Balaban J connectivity index is 2.18. The SMILES string of the molecule is CCNc1cc(Sc2nnc(C)n2C)ccn1. The molecule has 0 aliphatic rings. The molecule has 0 aliphatic carbocycles. The molecule has 90 valence electrons. The van der Waals surface area contributed by atoms with Crippen molar-refractivity contribution >= 4 is 17.6 Å². The van der Waals surface area contributed by atoms with Crippen LogP contribution < -0.4 is 5.32 Å². The zero-order chi connectivity index (χ0) is 12.3. The third-order valence-electron chi connectivity index (χ3n) is 2.35. The van der Waals surface area contributed by atoms with Gasteiger partial charge in [0.25, 0.3) is 0 Å². The van der Waals surface area contributed by atoms with Crippen LogP contribution in [0.4, 0.5) is 5.82 Å². The summed E-state index contributed by atoms with van der Waals surface area (Å²) in [5.41, 5.74) is 0. The molecule has 2 rings (SSSR count). The van der Waals surface area contributed by atoms with Crippen molar-refractivity contribution < 1.29 is 0 Å². The van der Waals surface area contributed by atoms with E-state index in [4.69, 9.17) is 0 Å². The maximum atomic E-state index is 4.23. The molecule has 0 fully saturated rings. The second kappa shape index (κ2) is 5.18. The molecule has 6 heteroatoms. The van der Waals surface area contributed by atoms with Gasteiger partial charge in [-0.05, 0) is 37.7 Å². The highest BCUT2D eigenvalue weighted by Gasteiger charge is 2.07. The van der Waals surface area contributed by atoms with E-state index in [1.54, 1.807) is 18.0 Å². The van der Waals surface area contributed by atoms with Gasteiger partial charge in [0, 0.05) is 24.7 Å². The fourth-order valence-electron chi connectivity index (χ4n) is 1.33. The molecule has 0 aliphatic heterocycles. The smallest absolute Gasteiger partial charge is 0.195 e. The molecular weight excluding hydrogens is 234 g/mol. The van der Waals surface area contributed by atoms with Crippen LogP contribution in [0.1, 0.15) is 12.7 Å². The Bertz CT molecular complexity index is 508. The lowest BCUT2D eigenvalue weighted by atomic mass is 10.4. The molecule has 2 heterocycles. The largest absolute Gasteiger partial charge is 0.370 e. The minimum absolute atomic E-state index is 0.865. The fraction of sp³-hybridized carbons (Fsp3) is 0.364. The number of aryl methyl sites for hydroxylation is 1. The monoisotopic (exact) mass is 249 g/mol. The third-order valence-corrected chi connectivity index (χ3v) is 3.38. The molecule has 5 nitrogen and oxygen atoms in total. The molecule has 0 radical (unpaired) electrons. The first kappa shape index (κ1) is 11.9. The lowest BCUT2D eigenvalue weighted by molar-refractivity contribution is 0.765. The van der Waals surface area contributed by atoms with Crippen LogP contribution in [0, 0.1) is 6.92 Å². The summed E-state index contributed by atoms with van der Waals surface area (Å²) in [5, 5.41) is 12.2. The second-order valence-electron chi connectivity index (χ2n) is 3.60. The zero-order valence-electron chi connectivity index (χ0n) is 10.1. The molecular formula is C11H15N5S. The van der Waals surface area contributed by atoms with Crippen LogP contribution in [0.25, 0.3) is 0 Å². The van der Waals surface area contributed by atoms with E-state index in [-0.39, 0.29) is 0 Å². The first-order chi connectivity index (χ1) is 8.20. The maximum Gasteiger partial charge on any atom is 0.195 e. The first-order valence-corrected chi connectivity index (χ1v) is 6.26. The number of rotatable bonds is 4. The number of aromatic nitrogens is 4. The molecule has 0 saturated carbocycles. The predicted molar refractivity (Wildman–Crippen MR) is 68.3 cm³/mol. The summed E-state index contributed by atoms with van der Waals surface area (Å²) < 4.78 is 1.97. The number of nitrogens with one attached hydrogen (secondary N) is 1. The summed E-state index contributed by atoms with van der Waals surface area (Å²) in [6.45, 7) is 4.85. The molecule has 1 N–H and O–H groups in total. The highest BCUT2D eigenvalue weighted by molar-refractivity contribution is 7.99. The molecule has 2 aromatic rings. The molecule has 0 aromatic carbocycles. The van der Waals surface area contributed by atoms with Crippen molar-refractivity contribution in [3.63, 3.8) is 0 Å². The number of nitrogens with zero attached hydrogens (tertiary/aromatic N) is 4. The summed E-state index contributed by atoms with van der Waals surface area (Å²) in [7, 11) is 1.96. The van der Waals surface area contributed by atoms with Crippen molar-refractivity contribution in [1.29, 1.82) is 0 Å². The van der Waals surface area contributed by atoms with Crippen molar-refractivity contribution in [3.05, 3.63) is 24.2 Å². The highest BCUT2D eigenvalue weighted by atomic mass is 32.2. The number of pyridine rings is 1. The molecule has 2 aromatic heterocycles. The van der Waals surface area contributed by atoms with E-state index in [9.17, 15) is 0 Å². The Morgan fingerprint density at radius 2 is 2.24 bits per heavy atom. The van der Waals surface area contributed by atoms with Gasteiger partial charge in [-0.2, -0.15) is 0 Å². The molecule has 0 bridgehead atoms. The quantitative estimate of drug-likeness (QED) is 0.899. The van der Waals surface area contributed by atoms with Crippen LogP contribution in [0.15, 0.2) is 28.4 Å². The maximum absolute atomic E-state index is 4.23. The first-order valence-electron chi connectivity index (χ1n) is 5.44. The van der Waals surface area contributed by atoms with E-state index in [0.29, 0.717) is 0 Å². The minimum atomic E-state index is 0.865. The van der Waals surface area contributed by atoms with Gasteiger partial charge >= 0.3 is 0 Å². The van der Waals surface area contributed by atoms with Gasteiger partial charge in [0.15, 0.2) is 5.16 Å². The molecule has 0 atom stereocenters. The number of hydrogen-bond acceptors (Lipinski definition) is 5. The Morgan fingerprint density at radius 3 is 2.88 bits per heavy atom. The van der Waals surface area contributed by atoms with Crippen molar-refractivity contribution in [2.24, 2.45) is 7.05 Å². The van der Waals surface area contributed by atoms with Gasteiger partial charge in [0.1, 0.15) is 11.6 Å². The van der Waals surface area contributed by atoms with Crippen molar-refractivity contribution in [3.8, 4) is 0 Å². The van der Waals surface area contributed by atoms with Gasteiger partial charge in [0.2, 0.25) is 0 Å². The van der Waals surface area contributed by atoms with E-state index in [1.807, 2.05) is 37.6 Å². The third kappa shape index (κ3) is 2.76. The van der Waals surface area contributed by atoms with Crippen LogP contribution in [-0.4, -0.2) is 26.3 Å². The van der Waals surface area contributed by atoms with Gasteiger partial charge < -0.3 is 9.88 Å². The lowest BCUT2D eigenvalue weighted by Gasteiger charge is -2.04. The van der Waals surface area contributed by atoms with Gasteiger partial charge in [-0.1, -0.05) is 0 Å². The number of anilines is 1. The van der Waals surface area contributed by atoms with Gasteiger partial charge in [-0.25, -0.2) is 4.98 Å². The van der Waals surface area contributed by atoms with Crippen LogP contribution in [0.3, 0.4) is 0 Å². The summed E-state index contributed by atoms with van der Waals surface area (Å²) in [4.78, 5) is 5.33. The summed E-state index contributed by atoms with van der Waals surface area (Å²) >= 11 is 1.58. The topological polar surface area (TPSA) is 55.6 Å². The van der Waals surface area contributed by atoms with Crippen molar-refractivity contribution in [2.45, 2.75) is 23.9 Å². The zero-order valence-corrected chi connectivity index (χ0v) is 11.0. The van der Waals surface area contributed by atoms with Crippen LogP contribution in [0.5, 0.6) is 0 Å². The predicted octanol–water partition coefficient (Wildman–Crippen LogP) is 2.10. The highest BCUT2D eigenvalue weighted by Crippen LogP contribution is 2.26. The van der Waals surface area contributed by atoms with E-state index >= 15 is 0 Å². The van der Waals surface area contributed by atoms with Crippen LogP contribution in [0.2, 0.25) is 0 Å². The van der Waals surface area contributed by atoms with Crippen molar-refractivity contribution in [2.75, 3.05) is 11.9 Å². The molecule has 0 unspecified atom stereocenters. The standard InChI is InChI=1S/C11H15N5S/c1-4-12-10-7-9(5-6-13-10)17-11-15-14-8(2)16(11)3/h5-7H,4H2,1-3H3,(H,12,13). The molecule has 0 amide bonds. The van der Waals surface area contributed by atoms with Gasteiger partial charge in [-0.15, -0.1) is 10.2 Å². The Hall–Kier alpha value is -1.56. The van der Waals surface area contributed by atoms with E-state index in [2.05, 4.69) is 20.5 Å². The lowest BCUT2D eigenvalue weighted by Crippen LogP contribution is -1.98. The van der Waals surface area contributed by atoms with E-state index < -0.39 is 0 Å². The summed E-state index contributed by atoms with van der Waals surface area (Å²) in [6, 6.07) is 3.98. The van der Waals surface area contributed by atoms with Crippen LogP contribution >= 0.6 is 11.8 Å². The summed E-state index contributed by atoms with van der Waals surface area (Å²) in [5.74, 6) is 1.80. The fourth-order valence-corrected chi connectivity index (χ4v) is 2.20. The summed E-state index contributed by atoms with van der Waals surface area (Å²) in [6.07, 6.45) is 1.80. The van der Waals surface area contributed by atoms with Gasteiger partial charge in [-0.3, -0.25) is 0 Å². The Kier molecular flexibility index (Phi) is 3.63. The van der Waals surface area contributed by atoms with Gasteiger partial charge in [0.05, 0.1) is 0 Å².